The molecular weight excluding hydrogens is 413 g/mol. The Morgan fingerprint density at radius 1 is 1.05 bits per heavy atom. The summed E-state index contributed by atoms with van der Waals surface area (Å²) in [6.45, 7) is 2.05. The number of nitrogens with one attached hydrogen (secondary N) is 1. The predicted molar refractivity (Wildman–Crippen MR) is 90.3 cm³/mol. The van der Waals surface area contributed by atoms with E-state index in [-0.39, 0.29) is 6.04 Å². The van der Waals surface area contributed by atoms with E-state index < -0.39 is 0 Å². The van der Waals surface area contributed by atoms with E-state index in [0.717, 1.165) is 20.2 Å². The van der Waals surface area contributed by atoms with E-state index in [9.17, 15) is 0 Å². The Balaban J connectivity index is 2.27. The summed E-state index contributed by atoms with van der Waals surface area (Å²) >= 11 is 19.2. The Labute approximate surface area is 139 Å². The van der Waals surface area contributed by atoms with Crippen molar-refractivity contribution in [2.75, 3.05) is 5.32 Å². The standard InChI is InChI=1S/C14H11Br2Cl2N/c1-8(11-7-10(17)3-5-13(11)18)19-14-6-9(15)2-4-12(14)16/h2-8,19H,1H3. The highest BCUT2D eigenvalue weighted by molar-refractivity contribution is 9.11. The Morgan fingerprint density at radius 3 is 2.53 bits per heavy atom. The first-order valence-electron chi connectivity index (χ1n) is 5.64. The van der Waals surface area contributed by atoms with Crippen molar-refractivity contribution in [3.05, 3.63) is 61.0 Å². The molecule has 1 unspecified atom stereocenters. The maximum Gasteiger partial charge on any atom is 0.0501 e. The lowest BCUT2D eigenvalue weighted by Crippen LogP contribution is -2.07. The van der Waals surface area contributed by atoms with Crippen LogP contribution in [-0.2, 0) is 0 Å². The third kappa shape index (κ3) is 3.88. The lowest BCUT2D eigenvalue weighted by molar-refractivity contribution is 0.884. The van der Waals surface area contributed by atoms with Gasteiger partial charge in [0.05, 0.1) is 11.7 Å². The lowest BCUT2D eigenvalue weighted by Gasteiger charge is -2.18. The molecule has 1 atom stereocenters. The van der Waals surface area contributed by atoms with Crippen molar-refractivity contribution >= 4 is 60.7 Å². The van der Waals surface area contributed by atoms with Crippen molar-refractivity contribution < 1.29 is 0 Å². The molecule has 5 heteroatoms. The number of rotatable bonds is 3. The third-order valence-electron chi connectivity index (χ3n) is 2.72. The average molecular weight is 424 g/mol. The Kier molecular flexibility index (Phi) is 5.18. The van der Waals surface area contributed by atoms with Crippen LogP contribution in [0.25, 0.3) is 0 Å². The zero-order chi connectivity index (χ0) is 14.0. The van der Waals surface area contributed by atoms with Crippen LogP contribution in [0.1, 0.15) is 18.5 Å². The van der Waals surface area contributed by atoms with Gasteiger partial charge in [-0.3, -0.25) is 0 Å². The maximum absolute atomic E-state index is 6.21. The van der Waals surface area contributed by atoms with E-state index in [1.165, 1.54) is 0 Å². The van der Waals surface area contributed by atoms with Crippen LogP contribution >= 0.6 is 55.1 Å². The third-order valence-corrected chi connectivity index (χ3v) is 4.49. The number of hydrogen-bond acceptors (Lipinski definition) is 1. The fourth-order valence-electron chi connectivity index (χ4n) is 1.77. The van der Waals surface area contributed by atoms with E-state index >= 15 is 0 Å². The Hall–Kier alpha value is -0.220. The molecule has 0 saturated carbocycles. The molecule has 2 aromatic rings. The number of anilines is 1. The predicted octanol–water partition coefficient (Wildman–Crippen LogP) is 6.69. The fraction of sp³-hybridized carbons (Fsp3) is 0.143. The molecule has 1 nitrogen and oxygen atoms in total. The van der Waals surface area contributed by atoms with Crippen LogP contribution in [0.15, 0.2) is 45.3 Å². The molecule has 0 spiro atoms. The summed E-state index contributed by atoms with van der Waals surface area (Å²) < 4.78 is 2.02. The molecule has 0 radical (unpaired) electrons. The van der Waals surface area contributed by atoms with Crippen molar-refractivity contribution in [3.63, 3.8) is 0 Å². The molecule has 0 aromatic heterocycles. The molecule has 0 bridgehead atoms. The molecule has 19 heavy (non-hydrogen) atoms. The quantitative estimate of drug-likeness (QED) is 0.579. The topological polar surface area (TPSA) is 12.0 Å². The summed E-state index contributed by atoms with van der Waals surface area (Å²) in [5.41, 5.74) is 1.97. The highest BCUT2D eigenvalue weighted by Gasteiger charge is 2.12. The molecule has 0 amide bonds. The van der Waals surface area contributed by atoms with Crippen LogP contribution in [0.4, 0.5) is 5.69 Å². The second kappa shape index (κ2) is 6.49. The largest absolute Gasteiger partial charge is 0.378 e. The molecule has 1 N–H and O–H groups in total. The molecule has 0 heterocycles. The van der Waals surface area contributed by atoms with Gasteiger partial charge in [0, 0.05) is 19.0 Å². The lowest BCUT2D eigenvalue weighted by atomic mass is 10.1. The van der Waals surface area contributed by atoms with E-state index in [2.05, 4.69) is 37.2 Å². The van der Waals surface area contributed by atoms with Gasteiger partial charge in [-0.05, 0) is 64.8 Å². The summed E-state index contributed by atoms with van der Waals surface area (Å²) in [5.74, 6) is 0. The van der Waals surface area contributed by atoms with E-state index in [1.54, 1.807) is 6.07 Å². The second-order valence-corrected chi connectivity index (χ2v) is 6.77. The fourth-order valence-corrected chi connectivity index (χ4v) is 2.95. The van der Waals surface area contributed by atoms with E-state index in [4.69, 9.17) is 23.2 Å². The summed E-state index contributed by atoms with van der Waals surface area (Å²) in [4.78, 5) is 0. The molecule has 100 valence electrons. The minimum absolute atomic E-state index is 0.0526. The van der Waals surface area contributed by atoms with Crippen LogP contribution in [0, 0.1) is 0 Å². The number of benzene rings is 2. The van der Waals surface area contributed by atoms with Crippen molar-refractivity contribution in [1.82, 2.24) is 0 Å². The minimum Gasteiger partial charge on any atom is -0.378 e. The minimum atomic E-state index is 0.0526. The van der Waals surface area contributed by atoms with Crippen LogP contribution in [-0.4, -0.2) is 0 Å². The van der Waals surface area contributed by atoms with Gasteiger partial charge in [-0.25, -0.2) is 0 Å². The van der Waals surface area contributed by atoms with E-state index in [1.807, 2.05) is 37.3 Å². The van der Waals surface area contributed by atoms with Crippen molar-refractivity contribution in [2.24, 2.45) is 0 Å². The van der Waals surface area contributed by atoms with Gasteiger partial charge in [0.25, 0.3) is 0 Å². The van der Waals surface area contributed by atoms with Crippen molar-refractivity contribution in [3.8, 4) is 0 Å². The van der Waals surface area contributed by atoms with Gasteiger partial charge < -0.3 is 5.32 Å². The molecule has 2 rings (SSSR count). The van der Waals surface area contributed by atoms with Gasteiger partial charge >= 0.3 is 0 Å². The normalized spacial score (nSPS) is 12.3. The number of halogens is 4. The highest BCUT2D eigenvalue weighted by Crippen LogP contribution is 2.32. The van der Waals surface area contributed by atoms with Gasteiger partial charge in [-0.1, -0.05) is 39.1 Å². The van der Waals surface area contributed by atoms with Gasteiger partial charge in [0.15, 0.2) is 0 Å². The first kappa shape index (κ1) is 15.2. The molecule has 0 saturated heterocycles. The molecule has 0 aliphatic heterocycles. The summed E-state index contributed by atoms with van der Waals surface area (Å²) in [7, 11) is 0. The first-order chi connectivity index (χ1) is 8.97. The SMILES string of the molecule is CC(Nc1cc(Br)ccc1Br)c1cc(Cl)ccc1Cl. The van der Waals surface area contributed by atoms with E-state index in [0.29, 0.717) is 10.0 Å². The molecular formula is C14H11Br2Cl2N. The maximum atomic E-state index is 6.21. The zero-order valence-corrected chi connectivity index (χ0v) is 14.7. The first-order valence-corrected chi connectivity index (χ1v) is 7.98. The van der Waals surface area contributed by atoms with Gasteiger partial charge in [-0.15, -0.1) is 0 Å². The van der Waals surface area contributed by atoms with Crippen molar-refractivity contribution in [2.45, 2.75) is 13.0 Å². The van der Waals surface area contributed by atoms with Gasteiger partial charge in [0.1, 0.15) is 0 Å². The average Bonchev–Trinajstić information content (AvgIpc) is 2.36. The molecule has 0 aliphatic carbocycles. The number of hydrogen-bond donors (Lipinski definition) is 1. The molecule has 0 fully saturated rings. The van der Waals surface area contributed by atoms with Crippen LogP contribution in [0.3, 0.4) is 0 Å². The van der Waals surface area contributed by atoms with Gasteiger partial charge in [-0.2, -0.15) is 0 Å². The van der Waals surface area contributed by atoms with Crippen molar-refractivity contribution in [1.29, 1.82) is 0 Å². The summed E-state index contributed by atoms with van der Waals surface area (Å²) in [6, 6.07) is 11.5. The monoisotopic (exact) mass is 421 g/mol. The summed E-state index contributed by atoms with van der Waals surface area (Å²) in [6.07, 6.45) is 0. The zero-order valence-electron chi connectivity index (χ0n) is 10.1. The van der Waals surface area contributed by atoms with Gasteiger partial charge in [0.2, 0.25) is 0 Å². The molecule has 2 aromatic carbocycles. The highest BCUT2D eigenvalue weighted by atomic mass is 79.9. The molecule has 0 aliphatic rings. The van der Waals surface area contributed by atoms with Crippen LogP contribution < -0.4 is 5.32 Å². The van der Waals surface area contributed by atoms with Crippen LogP contribution in [0.5, 0.6) is 0 Å². The Morgan fingerprint density at radius 2 is 1.79 bits per heavy atom. The summed E-state index contributed by atoms with van der Waals surface area (Å²) in [5, 5.41) is 4.80. The van der Waals surface area contributed by atoms with Crippen LogP contribution in [0.2, 0.25) is 10.0 Å². The Bertz CT molecular complexity index is 602. The smallest absolute Gasteiger partial charge is 0.0501 e. The second-order valence-electron chi connectivity index (χ2n) is 4.16.